The van der Waals surface area contributed by atoms with Gasteiger partial charge in [-0.05, 0) is 37.6 Å². The average molecular weight is 339 g/mol. The van der Waals surface area contributed by atoms with E-state index in [1.807, 2.05) is 31.2 Å². The van der Waals surface area contributed by atoms with Crippen molar-refractivity contribution in [2.75, 3.05) is 6.61 Å². The predicted octanol–water partition coefficient (Wildman–Crippen LogP) is 3.67. The van der Waals surface area contributed by atoms with Gasteiger partial charge >= 0.3 is 5.97 Å². The van der Waals surface area contributed by atoms with E-state index in [0.29, 0.717) is 12.1 Å². The fraction of sp³-hybridized carbons (Fsp3) is 0.200. The van der Waals surface area contributed by atoms with Gasteiger partial charge in [0.25, 0.3) is 0 Å². The van der Waals surface area contributed by atoms with Gasteiger partial charge in [0, 0.05) is 18.1 Å². The zero-order chi connectivity index (χ0) is 18.0. The number of aryl methyl sites for hydroxylation is 1. The number of ether oxygens (including phenoxy) is 1. The summed E-state index contributed by atoms with van der Waals surface area (Å²) in [5.74, 6) is -1.22. The first-order valence-electron chi connectivity index (χ1n) is 8.05. The Bertz CT molecular complexity index is 1010. The molecule has 0 aliphatic carbocycles. The Kier molecular flexibility index (Phi) is 4.65. The summed E-state index contributed by atoms with van der Waals surface area (Å²) in [6.45, 7) is 4.28. The molecule has 1 heterocycles. The second-order valence-electron chi connectivity index (χ2n) is 5.87. The van der Waals surface area contributed by atoms with Crippen LogP contribution in [-0.4, -0.2) is 17.1 Å². The predicted molar refractivity (Wildman–Crippen MR) is 94.4 cm³/mol. The smallest absolute Gasteiger partial charge is 0.343 e. The number of benzene rings is 2. The molecule has 0 saturated carbocycles. The molecule has 0 amide bonds. The SMILES string of the molecule is CCOC(=O)c1cn(Cc2cccc(C)c2)c2ccc(F)cc2c1=O. The molecule has 3 rings (SSSR count). The molecule has 0 N–H and O–H groups in total. The Hall–Kier alpha value is -2.95. The van der Waals surface area contributed by atoms with Crippen molar-refractivity contribution < 1.29 is 13.9 Å². The number of pyridine rings is 1. The van der Waals surface area contributed by atoms with Crippen molar-refractivity contribution in [3.8, 4) is 0 Å². The molecule has 0 fully saturated rings. The van der Waals surface area contributed by atoms with Crippen LogP contribution in [0.15, 0.2) is 53.5 Å². The molecule has 0 unspecified atom stereocenters. The quantitative estimate of drug-likeness (QED) is 0.681. The molecule has 0 saturated heterocycles. The first kappa shape index (κ1) is 16.9. The number of nitrogens with zero attached hydrogens (tertiary/aromatic N) is 1. The summed E-state index contributed by atoms with van der Waals surface area (Å²) in [4.78, 5) is 24.7. The number of fused-ring (bicyclic) bond motifs is 1. The molecule has 0 atom stereocenters. The molecule has 3 aromatic rings. The van der Waals surface area contributed by atoms with E-state index < -0.39 is 17.2 Å². The highest BCUT2D eigenvalue weighted by Gasteiger charge is 2.17. The largest absolute Gasteiger partial charge is 0.462 e. The van der Waals surface area contributed by atoms with Gasteiger partial charge in [-0.25, -0.2) is 9.18 Å². The fourth-order valence-electron chi connectivity index (χ4n) is 2.86. The van der Waals surface area contributed by atoms with Gasteiger partial charge < -0.3 is 9.30 Å². The molecule has 0 bridgehead atoms. The Balaban J connectivity index is 2.20. The molecule has 2 aromatic carbocycles. The third-order valence-electron chi connectivity index (χ3n) is 3.97. The van der Waals surface area contributed by atoms with Crippen molar-refractivity contribution in [1.29, 1.82) is 0 Å². The molecule has 0 spiro atoms. The van der Waals surface area contributed by atoms with E-state index in [4.69, 9.17) is 4.74 Å². The molecule has 25 heavy (non-hydrogen) atoms. The van der Waals surface area contributed by atoms with Crippen molar-refractivity contribution in [3.63, 3.8) is 0 Å². The summed E-state index contributed by atoms with van der Waals surface area (Å²) >= 11 is 0. The van der Waals surface area contributed by atoms with E-state index in [1.165, 1.54) is 12.3 Å². The number of aromatic nitrogens is 1. The maximum Gasteiger partial charge on any atom is 0.343 e. The zero-order valence-corrected chi connectivity index (χ0v) is 14.1. The lowest BCUT2D eigenvalue weighted by Gasteiger charge is -2.14. The van der Waals surface area contributed by atoms with Gasteiger partial charge in [0.2, 0.25) is 5.43 Å². The van der Waals surface area contributed by atoms with Crippen LogP contribution in [-0.2, 0) is 11.3 Å². The third-order valence-corrected chi connectivity index (χ3v) is 3.97. The third kappa shape index (κ3) is 3.45. The molecule has 5 heteroatoms. The van der Waals surface area contributed by atoms with E-state index in [1.54, 1.807) is 17.6 Å². The van der Waals surface area contributed by atoms with Gasteiger partial charge in [0.1, 0.15) is 11.4 Å². The molecule has 0 aliphatic heterocycles. The highest BCUT2D eigenvalue weighted by molar-refractivity contribution is 5.93. The van der Waals surface area contributed by atoms with Crippen LogP contribution < -0.4 is 5.43 Å². The highest BCUT2D eigenvalue weighted by Crippen LogP contribution is 2.17. The molecule has 0 aliphatic rings. The van der Waals surface area contributed by atoms with Crippen LogP contribution in [0.5, 0.6) is 0 Å². The Morgan fingerprint density at radius 3 is 2.72 bits per heavy atom. The lowest BCUT2D eigenvalue weighted by molar-refractivity contribution is 0.0524. The van der Waals surface area contributed by atoms with E-state index >= 15 is 0 Å². The number of halogens is 1. The summed E-state index contributed by atoms with van der Waals surface area (Å²) < 4.78 is 20.4. The van der Waals surface area contributed by atoms with Crippen molar-refractivity contribution in [2.45, 2.75) is 20.4 Å². The monoisotopic (exact) mass is 339 g/mol. The fourth-order valence-corrected chi connectivity index (χ4v) is 2.86. The Morgan fingerprint density at radius 1 is 1.20 bits per heavy atom. The molecular weight excluding hydrogens is 321 g/mol. The maximum absolute atomic E-state index is 13.6. The second-order valence-corrected chi connectivity index (χ2v) is 5.87. The van der Waals surface area contributed by atoms with Crippen molar-refractivity contribution >= 4 is 16.9 Å². The van der Waals surface area contributed by atoms with Gasteiger partial charge in [-0.15, -0.1) is 0 Å². The zero-order valence-electron chi connectivity index (χ0n) is 14.1. The van der Waals surface area contributed by atoms with Crippen LogP contribution >= 0.6 is 0 Å². The molecule has 0 radical (unpaired) electrons. The Morgan fingerprint density at radius 2 is 2.00 bits per heavy atom. The normalized spacial score (nSPS) is 10.8. The standard InChI is InChI=1S/C20H18FNO3/c1-3-25-20(24)17-12-22(11-14-6-4-5-13(2)9-14)18-8-7-15(21)10-16(18)19(17)23/h4-10,12H,3,11H2,1-2H3. The van der Waals surface area contributed by atoms with Crippen LogP contribution in [0.2, 0.25) is 0 Å². The van der Waals surface area contributed by atoms with Crippen LogP contribution in [0.4, 0.5) is 4.39 Å². The molecule has 4 nitrogen and oxygen atoms in total. The van der Waals surface area contributed by atoms with Crippen LogP contribution in [0.3, 0.4) is 0 Å². The summed E-state index contributed by atoms with van der Waals surface area (Å²) in [7, 11) is 0. The van der Waals surface area contributed by atoms with Gasteiger partial charge in [-0.2, -0.15) is 0 Å². The van der Waals surface area contributed by atoms with E-state index in [2.05, 4.69) is 0 Å². The number of rotatable bonds is 4. The van der Waals surface area contributed by atoms with Gasteiger partial charge in [-0.3, -0.25) is 4.79 Å². The minimum absolute atomic E-state index is 0.0902. The lowest BCUT2D eigenvalue weighted by Crippen LogP contribution is -2.21. The van der Waals surface area contributed by atoms with E-state index in [0.717, 1.165) is 17.2 Å². The van der Waals surface area contributed by atoms with Crippen LogP contribution in [0.1, 0.15) is 28.4 Å². The molecular formula is C20H18FNO3. The Labute approximate surface area is 144 Å². The number of hydrogen-bond donors (Lipinski definition) is 0. The minimum Gasteiger partial charge on any atom is -0.462 e. The topological polar surface area (TPSA) is 48.3 Å². The summed E-state index contributed by atoms with van der Waals surface area (Å²) in [6, 6.07) is 11.9. The van der Waals surface area contributed by atoms with Crippen LogP contribution in [0, 0.1) is 12.7 Å². The van der Waals surface area contributed by atoms with Gasteiger partial charge in [-0.1, -0.05) is 29.8 Å². The van der Waals surface area contributed by atoms with Gasteiger partial charge in [0.15, 0.2) is 0 Å². The van der Waals surface area contributed by atoms with E-state index in [9.17, 15) is 14.0 Å². The summed E-state index contributed by atoms with van der Waals surface area (Å²) in [5.41, 5.74) is 2.09. The minimum atomic E-state index is -0.698. The first-order valence-corrected chi connectivity index (χ1v) is 8.05. The second kappa shape index (κ2) is 6.89. The maximum atomic E-state index is 13.6. The van der Waals surface area contributed by atoms with Gasteiger partial charge in [0.05, 0.1) is 12.1 Å². The van der Waals surface area contributed by atoms with Crippen molar-refractivity contribution in [1.82, 2.24) is 4.57 Å². The van der Waals surface area contributed by atoms with Crippen molar-refractivity contribution in [3.05, 3.63) is 81.4 Å². The number of hydrogen-bond acceptors (Lipinski definition) is 3. The average Bonchev–Trinajstić information content (AvgIpc) is 2.57. The van der Waals surface area contributed by atoms with Crippen LogP contribution in [0.25, 0.3) is 10.9 Å². The van der Waals surface area contributed by atoms with Crippen molar-refractivity contribution in [2.24, 2.45) is 0 Å². The number of carbonyl (C=O) groups excluding carboxylic acids is 1. The lowest BCUT2D eigenvalue weighted by atomic mass is 10.1. The summed E-state index contributed by atoms with van der Waals surface area (Å²) in [6.07, 6.45) is 1.49. The molecule has 128 valence electrons. The summed E-state index contributed by atoms with van der Waals surface area (Å²) in [5, 5.41) is 0.165. The molecule has 1 aromatic heterocycles. The number of carbonyl (C=O) groups is 1. The van der Waals surface area contributed by atoms with E-state index in [-0.39, 0.29) is 17.6 Å². The highest BCUT2D eigenvalue weighted by atomic mass is 19.1. The number of esters is 1. The first-order chi connectivity index (χ1) is 12.0.